The Balaban J connectivity index is 1.61. The van der Waals surface area contributed by atoms with E-state index < -0.39 is 24.3 Å². The maximum atomic E-state index is 12.9. The van der Waals surface area contributed by atoms with Crippen molar-refractivity contribution in [1.29, 1.82) is 0 Å². The summed E-state index contributed by atoms with van der Waals surface area (Å²) < 4.78 is 23.8. The standard InChI is InChI=1S/C31H52N2O8/c1-19(18-31(6)29(41-31)22(4)28(38-8)23(5)34)10-9-11-20(2)27-21(3)25(16-24(39-27)17-26(35)36)40-30(37)33-14-12-32(7)13-15-33/h9-11,19,21-25,27-29,34H,12-18H2,1-8H3,(H,35,36)/b10-9+,20-11+/t19-,21+,22-,23-,24-,25-,27-,28-,29-,31?/m1/s1. The number of aliphatic hydroxyl groups is 1. The lowest BCUT2D eigenvalue weighted by atomic mass is 9.85. The molecule has 3 rings (SSSR count). The van der Waals surface area contributed by atoms with E-state index in [2.05, 4.69) is 31.7 Å². The zero-order chi connectivity index (χ0) is 30.5. The van der Waals surface area contributed by atoms with Crippen molar-refractivity contribution in [3.63, 3.8) is 0 Å². The molecular formula is C31H52N2O8. The normalized spacial score (nSPS) is 34.2. The van der Waals surface area contributed by atoms with E-state index in [-0.39, 0.29) is 54.2 Å². The van der Waals surface area contributed by atoms with Crippen molar-refractivity contribution in [2.24, 2.45) is 17.8 Å². The Labute approximate surface area is 245 Å². The highest BCUT2D eigenvalue weighted by Crippen LogP contribution is 2.47. The molecule has 2 N–H and O–H groups in total. The first-order valence-corrected chi connectivity index (χ1v) is 15.0. The van der Waals surface area contributed by atoms with Gasteiger partial charge < -0.3 is 39.0 Å². The Kier molecular flexibility index (Phi) is 11.8. The third-order valence-electron chi connectivity index (χ3n) is 8.97. The molecule has 3 aliphatic rings. The van der Waals surface area contributed by atoms with E-state index >= 15 is 0 Å². The summed E-state index contributed by atoms with van der Waals surface area (Å²) in [5.74, 6) is -0.737. The fraction of sp³-hybridized carbons (Fsp3) is 0.806. The molecule has 0 aromatic rings. The van der Waals surface area contributed by atoms with Crippen molar-refractivity contribution >= 4 is 12.1 Å². The summed E-state index contributed by atoms with van der Waals surface area (Å²) in [5, 5.41) is 19.4. The van der Waals surface area contributed by atoms with Crippen molar-refractivity contribution in [3.8, 4) is 0 Å². The van der Waals surface area contributed by atoms with Gasteiger partial charge in [0.05, 0.1) is 42.5 Å². The molecule has 10 atom stereocenters. The average molecular weight is 581 g/mol. The molecule has 0 bridgehead atoms. The Morgan fingerprint density at radius 3 is 2.41 bits per heavy atom. The molecule has 234 valence electrons. The number of methoxy groups -OCH3 is 1. The second kappa shape index (κ2) is 14.5. The molecule has 0 aromatic heterocycles. The number of aliphatic hydroxyl groups excluding tert-OH is 1. The van der Waals surface area contributed by atoms with E-state index in [0.29, 0.717) is 19.5 Å². The molecule has 3 heterocycles. The van der Waals surface area contributed by atoms with Crippen LogP contribution >= 0.6 is 0 Å². The maximum Gasteiger partial charge on any atom is 0.410 e. The van der Waals surface area contributed by atoms with Gasteiger partial charge in [-0.1, -0.05) is 39.0 Å². The minimum absolute atomic E-state index is 0.0309. The second-order valence-electron chi connectivity index (χ2n) is 12.7. The number of carbonyl (C=O) groups excluding carboxylic acids is 1. The van der Waals surface area contributed by atoms with Crippen LogP contribution < -0.4 is 0 Å². The van der Waals surface area contributed by atoms with Gasteiger partial charge in [0.15, 0.2) is 0 Å². The predicted molar refractivity (Wildman–Crippen MR) is 156 cm³/mol. The van der Waals surface area contributed by atoms with Crippen molar-refractivity contribution in [1.82, 2.24) is 9.80 Å². The molecule has 0 radical (unpaired) electrons. The number of allylic oxidation sites excluding steroid dienone is 3. The van der Waals surface area contributed by atoms with Crippen molar-refractivity contribution in [3.05, 3.63) is 23.8 Å². The second-order valence-corrected chi connectivity index (χ2v) is 12.7. The van der Waals surface area contributed by atoms with Gasteiger partial charge in [0.1, 0.15) is 6.10 Å². The summed E-state index contributed by atoms with van der Waals surface area (Å²) in [6, 6.07) is 0. The van der Waals surface area contributed by atoms with Crippen LogP contribution in [0.1, 0.15) is 60.8 Å². The first kappa shape index (κ1) is 33.5. The number of ether oxygens (including phenoxy) is 4. The zero-order valence-electron chi connectivity index (χ0n) is 26.1. The Bertz CT molecular complexity index is 946. The molecule has 10 heteroatoms. The van der Waals surface area contributed by atoms with Crippen molar-refractivity contribution < 1.29 is 38.7 Å². The summed E-state index contributed by atoms with van der Waals surface area (Å²) in [5.41, 5.74) is 0.691. The largest absolute Gasteiger partial charge is 0.481 e. The summed E-state index contributed by atoms with van der Waals surface area (Å²) in [6.45, 7) is 14.9. The number of carboxylic acid groups (broad SMARTS) is 1. The van der Waals surface area contributed by atoms with Gasteiger partial charge >= 0.3 is 12.1 Å². The molecule has 3 aliphatic heterocycles. The fourth-order valence-electron chi connectivity index (χ4n) is 6.56. The predicted octanol–water partition coefficient (Wildman–Crippen LogP) is 3.73. The van der Waals surface area contributed by atoms with Crippen LogP contribution in [0.2, 0.25) is 0 Å². The molecule has 0 saturated carbocycles. The van der Waals surface area contributed by atoms with E-state index in [9.17, 15) is 19.8 Å². The Morgan fingerprint density at radius 1 is 1.17 bits per heavy atom. The number of epoxide rings is 1. The molecule has 3 saturated heterocycles. The summed E-state index contributed by atoms with van der Waals surface area (Å²) in [6.07, 6.45) is 4.74. The molecular weight excluding hydrogens is 528 g/mol. The van der Waals surface area contributed by atoms with E-state index in [0.717, 1.165) is 25.1 Å². The molecule has 3 fully saturated rings. The van der Waals surface area contributed by atoms with Gasteiger partial charge in [0.25, 0.3) is 0 Å². The maximum absolute atomic E-state index is 12.9. The van der Waals surface area contributed by atoms with E-state index in [1.807, 2.05) is 33.0 Å². The average Bonchev–Trinajstić information content (AvgIpc) is 3.56. The monoisotopic (exact) mass is 580 g/mol. The third-order valence-corrected chi connectivity index (χ3v) is 8.97. The number of likely N-dealkylation sites (N-methyl/N-ethyl adjacent to an activating group) is 1. The number of hydrogen-bond donors (Lipinski definition) is 2. The highest BCUT2D eigenvalue weighted by atomic mass is 16.6. The molecule has 41 heavy (non-hydrogen) atoms. The van der Waals surface area contributed by atoms with E-state index in [1.165, 1.54) is 0 Å². The topological polar surface area (TPSA) is 121 Å². The highest BCUT2D eigenvalue weighted by Gasteiger charge is 2.56. The Morgan fingerprint density at radius 2 is 1.83 bits per heavy atom. The van der Waals surface area contributed by atoms with Crippen LogP contribution in [0.3, 0.4) is 0 Å². The number of hydrogen-bond acceptors (Lipinski definition) is 8. The minimum Gasteiger partial charge on any atom is -0.481 e. The Hall–Kier alpha value is -1.98. The smallest absolute Gasteiger partial charge is 0.410 e. The number of carboxylic acids is 1. The van der Waals surface area contributed by atoms with Gasteiger partial charge in [0.2, 0.25) is 0 Å². The van der Waals surface area contributed by atoms with Crippen LogP contribution in [0.25, 0.3) is 0 Å². The van der Waals surface area contributed by atoms with Crippen LogP contribution in [0.5, 0.6) is 0 Å². The van der Waals surface area contributed by atoms with Crippen molar-refractivity contribution in [2.75, 3.05) is 40.3 Å². The molecule has 0 aliphatic carbocycles. The lowest BCUT2D eigenvalue weighted by Gasteiger charge is -2.41. The van der Waals surface area contributed by atoms with E-state index in [1.54, 1.807) is 18.9 Å². The number of carbonyl (C=O) groups is 2. The number of aliphatic carboxylic acids is 1. The van der Waals surface area contributed by atoms with Gasteiger partial charge in [-0.15, -0.1) is 0 Å². The highest BCUT2D eigenvalue weighted by molar-refractivity contribution is 5.68. The van der Waals surface area contributed by atoms with Crippen LogP contribution in [0, 0.1) is 17.8 Å². The summed E-state index contributed by atoms with van der Waals surface area (Å²) in [7, 11) is 3.65. The lowest BCUT2D eigenvalue weighted by Crippen LogP contribution is -2.51. The minimum atomic E-state index is -0.934. The molecule has 1 unspecified atom stereocenters. The molecule has 10 nitrogen and oxygen atoms in total. The van der Waals surface area contributed by atoms with Gasteiger partial charge in [-0.25, -0.2) is 4.79 Å². The first-order chi connectivity index (χ1) is 19.2. The first-order valence-electron chi connectivity index (χ1n) is 15.0. The number of piperazine rings is 1. The third kappa shape index (κ3) is 9.00. The van der Waals surface area contributed by atoms with Crippen LogP contribution in [0.4, 0.5) is 4.79 Å². The number of nitrogens with zero attached hydrogens (tertiary/aromatic N) is 2. The van der Waals surface area contributed by atoms with Crippen LogP contribution in [-0.2, 0) is 23.7 Å². The quantitative estimate of drug-likeness (QED) is 0.263. The molecule has 0 spiro atoms. The summed E-state index contributed by atoms with van der Waals surface area (Å²) in [4.78, 5) is 28.3. The number of rotatable bonds is 12. The van der Waals surface area contributed by atoms with Gasteiger partial charge in [-0.05, 0) is 45.7 Å². The fourth-order valence-corrected chi connectivity index (χ4v) is 6.56. The van der Waals surface area contributed by atoms with Crippen LogP contribution in [-0.4, -0.2) is 115 Å². The summed E-state index contributed by atoms with van der Waals surface area (Å²) >= 11 is 0. The van der Waals surface area contributed by atoms with Gasteiger partial charge in [0, 0.05) is 51.5 Å². The SMILES string of the molecule is CO[C@H]([C@@H](C)[C@H]1OC1(C)C[C@H](C)/C=C/C=C(\C)[C@H]1O[C@@H](CC(=O)O)C[C@@H](OC(=O)N2CCN(C)CC2)[C@@H]1C)[C@@H](C)O. The van der Waals surface area contributed by atoms with Crippen molar-refractivity contribution in [2.45, 2.75) is 103 Å². The molecule has 0 aromatic carbocycles. The zero-order valence-corrected chi connectivity index (χ0v) is 26.1. The molecule has 1 amide bonds. The van der Waals surface area contributed by atoms with Gasteiger partial charge in [-0.2, -0.15) is 0 Å². The lowest BCUT2D eigenvalue weighted by molar-refractivity contribution is -0.151. The van der Waals surface area contributed by atoms with E-state index in [4.69, 9.17) is 18.9 Å². The number of amides is 1. The van der Waals surface area contributed by atoms with Crippen LogP contribution in [0.15, 0.2) is 23.8 Å². The van der Waals surface area contributed by atoms with Gasteiger partial charge in [-0.3, -0.25) is 4.79 Å².